The van der Waals surface area contributed by atoms with Crippen molar-refractivity contribution >= 4 is 0 Å². The van der Waals surface area contributed by atoms with Gasteiger partial charge in [0.15, 0.2) is 0 Å². The number of rotatable bonds is 8. The van der Waals surface area contributed by atoms with Gasteiger partial charge >= 0.3 is 0 Å². The van der Waals surface area contributed by atoms with E-state index in [9.17, 15) is 5.11 Å². The molecule has 0 saturated heterocycles. The maximum absolute atomic E-state index is 9.33. The maximum atomic E-state index is 9.33. The second-order valence-electron chi connectivity index (χ2n) is 5.74. The molecule has 1 rings (SSSR count). The third kappa shape index (κ3) is 5.28. The monoisotopic (exact) mass is 228 g/mol. The van der Waals surface area contributed by atoms with Crippen LogP contribution in [0.2, 0.25) is 0 Å². The van der Waals surface area contributed by atoms with E-state index in [0.717, 1.165) is 12.5 Å². The van der Waals surface area contributed by atoms with Gasteiger partial charge in [0.2, 0.25) is 0 Å². The van der Waals surface area contributed by atoms with Crippen LogP contribution in [0.4, 0.5) is 0 Å². The van der Waals surface area contributed by atoms with Crippen molar-refractivity contribution in [2.45, 2.75) is 58.2 Å². The Labute approximate surface area is 100 Å². The standard InChI is InChI=1S/C13H28N2O/c1-10(2)7-11(3)15(4)8-13(9-16)14-12-5-6-12/h10-14,16H,5-9H2,1-4H3. The first kappa shape index (κ1) is 13.9. The maximum Gasteiger partial charge on any atom is 0.0597 e. The molecule has 0 aliphatic heterocycles. The Hall–Kier alpha value is -0.120. The number of nitrogens with one attached hydrogen (secondary N) is 1. The lowest BCUT2D eigenvalue weighted by molar-refractivity contribution is 0.163. The van der Waals surface area contributed by atoms with E-state index in [4.69, 9.17) is 0 Å². The molecule has 3 heteroatoms. The van der Waals surface area contributed by atoms with Gasteiger partial charge in [0.1, 0.15) is 0 Å². The van der Waals surface area contributed by atoms with E-state index in [1.54, 1.807) is 0 Å². The summed E-state index contributed by atoms with van der Waals surface area (Å²) < 4.78 is 0. The lowest BCUT2D eigenvalue weighted by Crippen LogP contribution is -2.45. The Morgan fingerprint density at radius 3 is 2.38 bits per heavy atom. The fourth-order valence-electron chi connectivity index (χ4n) is 2.14. The van der Waals surface area contributed by atoms with E-state index in [0.29, 0.717) is 12.1 Å². The number of aliphatic hydroxyl groups is 1. The molecule has 0 aromatic heterocycles. The van der Waals surface area contributed by atoms with E-state index < -0.39 is 0 Å². The van der Waals surface area contributed by atoms with Crippen LogP contribution in [0.3, 0.4) is 0 Å². The quantitative estimate of drug-likeness (QED) is 0.660. The molecule has 0 spiro atoms. The van der Waals surface area contributed by atoms with Crippen LogP contribution in [0, 0.1) is 5.92 Å². The first-order chi connectivity index (χ1) is 7.52. The molecule has 0 aromatic carbocycles. The molecular weight excluding hydrogens is 200 g/mol. The van der Waals surface area contributed by atoms with E-state index in [1.807, 2.05) is 0 Å². The molecule has 1 saturated carbocycles. The molecular formula is C13H28N2O. The highest BCUT2D eigenvalue weighted by Gasteiger charge is 2.25. The van der Waals surface area contributed by atoms with E-state index in [-0.39, 0.29) is 12.6 Å². The second-order valence-corrected chi connectivity index (χ2v) is 5.74. The van der Waals surface area contributed by atoms with Gasteiger partial charge in [-0.1, -0.05) is 13.8 Å². The van der Waals surface area contributed by atoms with Crippen molar-refractivity contribution in [1.29, 1.82) is 0 Å². The molecule has 96 valence electrons. The predicted octanol–water partition coefficient (Wildman–Crippen LogP) is 1.47. The number of hydrogen-bond acceptors (Lipinski definition) is 3. The van der Waals surface area contributed by atoms with Crippen molar-refractivity contribution in [3.63, 3.8) is 0 Å². The number of nitrogens with zero attached hydrogens (tertiary/aromatic N) is 1. The van der Waals surface area contributed by atoms with Crippen molar-refractivity contribution in [2.24, 2.45) is 5.92 Å². The largest absolute Gasteiger partial charge is 0.395 e. The summed E-state index contributed by atoms with van der Waals surface area (Å²) in [5, 5.41) is 12.8. The van der Waals surface area contributed by atoms with Crippen molar-refractivity contribution in [3.05, 3.63) is 0 Å². The SMILES string of the molecule is CC(C)CC(C)N(C)CC(CO)NC1CC1. The molecule has 0 amide bonds. The van der Waals surface area contributed by atoms with Crippen molar-refractivity contribution in [3.8, 4) is 0 Å². The van der Waals surface area contributed by atoms with Gasteiger partial charge in [-0.15, -0.1) is 0 Å². The van der Waals surface area contributed by atoms with Crippen LogP contribution >= 0.6 is 0 Å². The molecule has 16 heavy (non-hydrogen) atoms. The van der Waals surface area contributed by atoms with Gasteiger partial charge in [0, 0.05) is 24.7 Å². The zero-order valence-corrected chi connectivity index (χ0v) is 11.2. The minimum atomic E-state index is 0.243. The highest BCUT2D eigenvalue weighted by molar-refractivity contribution is 4.86. The molecule has 0 bridgehead atoms. The van der Waals surface area contributed by atoms with Crippen molar-refractivity contribution in [2.75, 3.05) is 20.2 Å². The van der Waals surface area contributed by atoms with Crippen LogP contribution in [0.5, 0.6) is 0 Å². The Balaban J connectivity index is 2.25. The fraction of sp³-hybridized carbons (Fsp3) is 1.00. The summed E-state index contributed by atoms with van der Waals surface area (Å²) in [6.07, 6.45) is 3.78. The highest BCUT2D eigenvalue weighted by Crippen LogP contribution is 2.19. The zero-order chi connectivity index (χ0) is 12.1. The molecule has 3 nitrogen and oxygen atoms in total. The van der Waals surface area contributed by atoms with Gasteiger partial charge in [-0.2, -0.15) is 0 Å². The Kier molecular flexibility index (Phi) is 5.73. The molecule has 1 aliphatic rings. The third-order valence-corrected chi connectivity index (χ3v) is 3.34. The summed E-state index contributed by atoms with van der Waals surface area (Å²) in [6, 6.07) is 1.51. The molecule has 0 aromatic rings. The fourth-order valence-corrected chi connectivity index (χ4v) is 2.14. The van der Waals surface area contributed by atoms with Crippen LogP contribution < -0.4 is 5.32 Å². The van der Waals surface area contributed by atoms with Crippen LogP contribution in [-0.4, -0.2) is 48.3 Å². The second kappa shape index (κ2) is 6.58. The summed E-state index contributed by atoms with van der Waals surface area (Å²) in [4.78, 5) is 2.36. The molecule has 2 N–H and O–H groups in total. The van der Waals surface area contributed by atoms with E-state index in [1.165, 1.54) is 19.3 Å². The van der Waals surface area contributed by atoms with Gasteiger partial charge in [-0.05, 0) is 39.2 Å². The summed E-state index contributed by atoms with van der Waals surface area (Å²) in [5.74, 6) is 0.737. The molecule has 2 atom stereocenters. The molecule has 1 aliphatic carbocycles. The lowest BCUT2D eigenvalue weighted by Gasteiger charge is -2.29. The number of hydrogen-bond donors (Lipinski definition) is 2. The number of likely N-dealkylation sites (N-methyl/N-ethyl adjacent to an activating group) is 1. The van der Waals surface area contributed by atoms with Crippen LogP contribution in [0.25, 0.3) is 0 Å². The average Bonchev–Trinajstić information content (AvgIpc) is 2.99. The van der Waals surface area contributed by atoms with Crippen LogP contribution in [-0.2, 0) is 0 Å². The smallest absolute Gasteiger partial charge is 0.0597 e. The van der Waals surface area contributed by atoms with Gasteiger partial charge in [0.05, 0.1) is 6.61 Å². The topological polar surface area (TPSA) is 35.5 Å². The first-order valence-corrected chi connectivity index (χ1v) is 6.60. The molecule has 0 radical (unpaired) electrons. The lowest BCUT2D eigenvalue weighted by atomic mass is 10.0. The predicted molar refractivity (Wildman–Crippen MR) is 68.6 cm³/mol. The van der Waals surface area contributed by atoms with Gasteiger partial charge in [-0.3, -0.25) is 0 Å². The van der Waals surface area contributed by atoms with E-state index in [2.05, 4.69) is 38.0 Å². The zero-order valence-electron chi connectivity index (χ0n) is 11.2. The Bertz CT molecular complexity index is 192. The van der Waals surface area contributed by atoms with E-state index >= 15 is 0 Å². The van der Waals surface area contributed by atoms with Crippen molar-refractivity contribution < 1.29 is 5.11 Å². The third-order valence-electron chi connectivity index (χ3n) is 3.34. The molecule has 2 unspecified atom stereocenters. The van der Waals surface area contributed by atoms with Gasteiger partial charge in [0.25, 0.3) is 0 Å². The minimum Gasteiger partial charge on any atom is -0.395 e. The average molecular weight is 228 g/mol. The summed E-state index contributed by atoms with van der Waals surface area (Å²) in [7, 11) is 2.16. The summed E-state index contributed by atoms with van der Waals surface area (Å²) in [6.45, 7) is 7.98. The number of aliphatic hydroxyl groups excluding tert-OH is 1. The van der Waals surface area contributed by atoms with Crippen LogP contribution in [0.15, 0.2) is 0 Å². The Morgan fingerprint density at radius 2 is 1.94 bits per heavy atom. The summed E-state index contributed by atoms with van der Waals surface area (Å²) in [5.41, 5.74) is 0. The molecule has 0 heterocycles. The normalized spacial score (nSPS) is 20.4. The summed E-state index contributed by atoms with van der Waals surface area (Å²) >= 11 is 0. The first-order valence-electron chi connectivity index (χ1n) is 6.60. The van der Waals surface area contributed by atoms with Crippen molar-refractivity contribution in [1.82, 2.24) is 10.2 Å². The van der Waals surface area contributed by atoms with Crippen LogP contribution in [0.1, 0.15) is 40.0 Å². The Morgan fingerprint density at radius 1 is 1.31 bits per heavy atom. The minimum absolute atomic E-state index is 0.243. The highest BCUT2D eigenvalue weighted by atomic mass is 16.3. The molecule has 1 fully saturated rings. The van der Waals surface area contributed by atoms with Gasteiger partial charge < -0.3 is 15.3 Å². The van der Waals surface area contributed by atoms with Gasteiger partial charge in [-0.25, -0.2) is 0 Å².